The number of ether oxygens (including phenoxy) is 2. The number of allylic oxidation sites excluding steroid dienone is 1. The van der Waals surface area contributed by atoms with Gasteiger partial charge in [-0.3, -0.25) is 14.4 Å². The Kier molecular flexibility index (Phi) is 8.11. The smallest absolute Gasteiger partial charge is 0.306 e. The number of ketones is 1. The highest BCUT2D eigenvalue weighted by Crippen LogP contribution is 2.62. The van der Waals surface area contributed by atoms with E-state index in [0.29, 0.717) is 24.3 Å². The van der Waals surface area contributed by atoms with E-state index in [2.05, 4.69) is 20.8 Å². The molecule has 0 aromatic heterocycles. The maximum Gasteiger partial charge on any atom is 0.306 e. The number of carbonyl (C=O) groups excluding carboxylic acids is 3. The van der Waals surface area contributed by atoms with Crippen molar-refractivity contribution in [2.75, 3.05) is 6.61 Å². The van der Waals surface area contributed by atoms with Crippen LogP contribution in [-0.4, -0.2) is 41.1 Å². The second kappa shape index (κ2) is 10.3. The Balaban J connectivity index is 2.04. The summed E-state index contributed by atoms with van der Waals surface area (Å²) < 4.78 is 11.8. The molecule has 3 aliphatic carbocycles. The molecule has 3 aliphatic rings. The number of aliphatic hydroxyl groups excluding tert-OH is 1. The van der Waals surface area contributed by atoms with Crippen LogP contribution in [0, 0.1) is 29.1 Å². The number of carbonyl (C=O) groups is 3. The first-order chi connectivity index (χ1) is 16.0. The lowest BCUT2D eigenvalue weighted by atomic mass is 9.81. The summed E-state index contributed by atoms with van der Waals surface area (Å²) in [6.45, 7) is 11.4. The molecule has 6 atom stereocenters. The van der Waals surface area contributed by atoms with Gasteiger partial charge < -0.3 is 14.6 Å². The van der Waals surface area contributed by atoms with E-state index < -0.39 is 23.6 Å². The monoisotopic (exact) mass is 474 g/mol. The second-order valence-electron chi connectivity index (χ2n) is 11.3. The fourth-order valence-electron chi connectivity index (χ4n) is 6.31. The van der Waals surface area contributed by atoms with Crippen LogP contribution >= 0.6 is 0 Å². The minimum atomic E-state index is -1.44. The van der Waals surface area contributed by atoms with E-state index in [4.69, 9.17) is 9.47 Å². The Hall–Kier alpha value is -1.95. The number of aliphatic hydroxyl groups is 1. The van der Waals surface area contributed by atoms with Gasteiger partial charge in [0.25, 0.3) is 0 Å². The van der Waals surface area contributed by atoms with Gasteiger partial charge in [-0.2, -0.15) is 0 Å². The fraction of sp³-hybridized carbons (Fsp3) is 0.750. The van der Waals surface area contributed by atoms with Crippen molar-refractivity contribution >= 4 is 17.7 Å². The van der Waals surface area contributed by atoms with Crippen molar-refractivity contribution in [1.29, 1.82) is 0 Å². The molecule has 0 bridgehead atoms. The third-order valence-corrected chi connectivity index (χ3v) is 8.36. The summed E-state index contributed by atoms with van der Waals surface area (Å²) >= 11 is 0. The molecule has 6 nitrogen and oxygen atoms in total. The molecule has 0 aliphatic heterocycles. The Morgan fingerprint density at radius 3 is 2.50 bits per heavy atom. The summed E-state index contributed by atoms with van der Waals surface area (Å²) in [6, 6.07) is 0. The molecule has 0 aromatic carbocycles. The van der Waals surface area contributed by atoms with Crippen molar-refractivity contribution in [3.8, 4) is 0 Å². The van der Waals surface area contributed by atoms with Crippen LogP contribution in [0.3, 0.4) is 0 Å². The van der Waals surface area contributed by atoms with E-state index >= 15 is 0 Å². The molecule has 0 heterocycles. The number of Topliss-reactive ketones (excluding diaryl/α,β-unsaturated/α-hetero) is 1. The van der Waals surface area contributed by atoms with E-state index in [9.17, 15) is 19.5 Å². The average Bonchev–Trinajstić information content (AvgIpc) is 3.17. The zero-order valence-corrected chi connectivity index (χ0v) is 21.7. The molecular formula is C28H42O6. The van der Waals surface area contributed by atoms with Crippen LogP contribution in [0.1, 0.15) is 86.5 Å². The predicted octanol–water partition coefficient (Wildman–Crippen LogP) is 4.94. The molecule has 0 radical (unpaired) electrons. The summed E-state index contributed by atoms with van der Waals surface area (Å²) in [5, 5.41) is 10.2. The fourth-order valence-corrected chi connectivity index (χ4v) is 6.31. The topological polar surface area (TPSA) is 89.9 Å². The summed E-state index contributed by atoms with van der Waals surface area (Å²) in [7, 11) is 0. The van der Waals surface area contributed by atoms with Gasteiger partial charge in [0.1, 0.15) is 6.10 Å². The molecule has 2 saturated carbocycles. The Labute approximate surface area is 204 Å². The predicted molar refractivity (Wildman–Crippen MR) is 130 cm³/mol. The van der Waals surface area contributed by atoms with Crippen LogP contribution in [-0.2, 0) is 23.9 Å². The third-order valence-electron chi connectivity index (χ3n) is 8.36. The Morgan fingerprint density at radius 2 is 1.88 bits per heavy atom. The SMILES string of the molecule is CCCCCC(=O)O[C@@H]1C2/C=C(\CO)CC[C@H]3[C@@H](/C=C(\C)C(=O)C2(OC(C)=O)C[C@@H]1C)C3(C)C. The summed E-state index contributed by atoms with van der Waals surface area (Å²) in [6.07, 6.45) is 8.25. The van der Waals surface area contributed by atoms with Crippen molar-refractivity contribution < 1.29 is 29.0 Å². The zero-order valence-electron chi connectivity index (χ0n) is 21.7. The highest BCUT2D eigenvalue weighted by Gasteiger charge is 2.61. The molecule has 0 aromatic rings. The molecule has 3 rings (SSSR count). The largest absolute Gasteiger partial charge is 0.461 e. The lowest BCUT2D eigenvalue weighted by Gasteiger charge is -2.34. The van der Waals surface area contributed by atoms with Crippen molar-refractivity contribution in [3.63, 3.8) is 0 Å². The standard InChI is InChI=1S/C28H42O6/c1-7-8-9-10-24(31)33-25-18(3)15-28(34-19(4)30)23(25)14-20(16-29)11-12-21-22(27(21,5)6)13-17(2)26(28)32/h13-14,18,21-23,25,29H,7-12,15-16H2,1-6H3/b17-13+,20-14-/t18-,21-,22+,23?,25-,28?/m0/s1. The van der Waals surface area contributed by atoms with Crippen molar-refractivity contribution in [2.45, 2.75) is 98.2 Å². The van der Waals surface area contributed by atoms with Gasteiger partial charge in [-0.25, -0.2) is 0 Å². The number of esters is 2. The number of rotatable bonds is 7. The lowest BCUT2D eigenvalue weighted by Crippen LogP contribution is -2.48. The highest BCUT2D eigenvalue weighted by molar-refractivity contribution is 6.03. The molecule has 0 spiro atoms. The molecule has 2 unspecified atom stereocenters. The van der Waals surface area contributed by atoms with E-state index in [-0.39, 0.29) is 42.0 Å². The van der Waals surface area contributed by atoms with Gasteiger partial charge in [-0.05, 0) is 60.5 Å². The molecule has 0 amide bonds. The van der Waals surface area contributed by atoms with Gasteiger partial charge in [0.2, 0.25) is 5.78 Å². The molecule has 6 heteroatoms. The van der Waals surface area contributed by atoms with Crippen molar-refractivity contribution in [2.24, 2.45) is 29.1 Å². The summed E-state index contributed by atoms with van der Waals surface area (Å²) in [5.41, 5.74) is 0.0418. The van der Waals surface area contributed by atoms with Gasteiger partial charge in [-0.1, -0.05) is 52.7 Å². The minimum Gasteiger partial charge on any atom is -0.461 e. The lowest BCUT2D eigenvalue weighted by molar-refractivity contribution is -0.170. The normalized spacial score (nSPS) is 37.7. The third kappa shape index (κ3) is 5.17. The van der Waals surface area contributed by atoms with Crippen LogP contribution < -0.4 is 0 Å². The van der Waals surface area contributed by atoms with E-state index in [0.717, 1.165) is 31.3 Å². The number of fused-ring (bicyclic) bond motifs is 2. The van der Waals surface area contributed by atoms with Gasteiger partial charge in [0.15, 0.2) is 5.60 Å². The van der Waals surface area contributed by atoms with E-state index in [1.54, 1.807) is 6.92 Å². The Morgan fingerprint density at radius 1 is 1.18 bits per heavy atom. The van der Waals surface area contributed by atoms with Crippen LogP contribution in [0.4, 0.5) is 0 Å². The number of hydrogen-bond acceptors (Lipinski definition) is 6. The van der Waals surface area contributed by atoms with Crippen molar-refractivity contribution in [3.05, 3.63) is 23.3 Å². The van der Waals surface area contributed by atoms with Crippen LogP contribution in [0.15, 0.2) is 23.3 Å². The van der Waals surface area contributed by atoms with Crippen LogP contribution in [0.5, 0.6) is 0 Å². The molecule has 1 N–H and O–H groups in total. The maximum atomic E-state index is 14.0. The minimum absolute atomic E-state index is 0.0921. The molecular weight excluding hydrogens is 432 g/mol. The first-order valence-electron chi connectivity index (χ1n) is 12.9. The average molecular weight is 475 g/mol. The Bertz CT molecular complexity index is 868. The maximum absolute atomic E-state index is 14.0. The van der Waals surface area contributed by atoms with Gasteiger partial charge in [0.05, 0.1) is 12.5 Å². The quantitative estimate of drug-likeness (QED) is 0.319. The highest BCUT2D eigenvalue weighted by atomic mass is 16.6. The number of hydrogen-bond donors (Lipinski definition) is 1. The molecule has 34 heavy (non-hydrogen) atoms. The van der Waals surface area contributed by atoms with Gasteiger partial charge in [0, 0.05) is 19.8 Å². The number of unbranched alkanes of at least 4 members (excludes halogenated alkanes) is 2. The summed E-state index contributed by atoms with van der Waals surface area (Å²) in [4.78, 5) is 39.0. The first-order valence-corrected chi connectivity index (χ1v) is 12.9. The van der Waals surface area contributed by atoms with E-state index in [1.807, 2.05) is 19.1 Å². The molecule has 0 saturated heterocycles. The van der Waals surface area contributed by atoms with Crippen LogP contribution in [0.25, 0.3) is 0 Å². The van der Waals surface area contributed by atoms with Crippen LogP contribution in [0.2, 0.25) is 0 Å². The zero-order chi connectivity index (χ0) is 25.3. The van der Waals surface area contributed by atoms with Gasteiger partial charge in [-0.15, -0.1) is 0 Å². The first kappa shape index (κ1) is 26.7. The molecule has 2 fully saturated rings. The summed E-state index contributed by atoms with van der Waals surface area (Å²) in [5.74, 6) is -1.16. The van der Waals surface area contributed by atoms with E-state index in [1.165, 1.54) is 6.92 Å². The van der Waals surface area contributed by atoms with Crippen molar-refractivity contribution in [1.82, 2.24) is 0 Å². The second-order valence-corrected chi connectivity index (χ2v) is 11.3. The van der Waals surface area contributed by atoms with Gasteiger partial charge >= 0.3 is 11.9 Å². The molecule has 190 valence electrons.